The van der Waals surface area contributed by atoms with E-state index in [1.807, 2.05) is 0 Å². The first-order valence-corrected chi connectivity index (χ1v) is 13.0. The van der Waals surface area contributed by atoms with E-state index in [4.69, 9.17) is 19.9 Å². The fraction of sp³-hybridized carbons (Fsp3) is 0.423. The van der Waals surface area contributed by atoms with Gasteiger partial charge < -0.3 is 25.3 Å². The summed E-state index contributed by atoms with van der Waals surface area (Å²) >= 11 is 1.16. The fourth-order valence-electron chi connectivity index (χ4n) is 4.28. The van der Waals surface area contributed by atoms with Gasteiger partial charge in [0.2, 0.25) is 0 Å². The number of hydrogen-bond donors (Lipinski definition) is 2. The van der Waals surface area contributed by atoms with Crippen molar-refractivity contribution in [3.8, 4) is 5.75 Å². The van der Waals surface area contributed by atoms with Crippen molar-refractivity contribution in [1.29, 1.82) is 0 Å². The number of ether oxygens (including phenoxy) is 3. The Labute approximate surface area is 228 Å². The predicted octanol–water partition coefficient (Wildman–Crippen LogP) is 4.30. The summed E-state index contributed by atoms with van der Waals surface area (Å²) in [6.45, 7) is 8.42. The number of benzene rings is 1. The van der Waals surface area contributed by atoms with Crippen molar-refractivity contribution in [2.75, 3.05) is 18.5 Å². The molecule has 3 aromatic rings. The van der Waals surface area contributed by atoms with Crippen LogP contribution in [0.2, 0.25) is 0 Å². The van der Waals surface area contributed by atoms with Crippen LogP contribution in [-0.4, -0.2) is 63.7 Å². The second-order valence-corrected chi connectivity index (χ2v) is 11.2. The van der Waals surface area contributed by atoms with Crippen LogP contribution in [0, 0.1) is 12.7 Å². The molecule has 0 saturated carbocycles. The van der Waals surface area contributed by atoms with Crippen molar-refractivity contribution >= 4 is 51.0 Å². The first-order valence-electron chi connectivity index (χ1n) is 12.2. The number of aryl methyl sites for hydroxylation is 1. The summed E-state index contributed by atoms with van der Waals surface area (Å²) < 4.78 is 31.2. The van der Waals surface area contributed by atoms with Crippen molar-refractivity contribution in [3.63, 3.8) is 0 Å². The Morgan fingerprint density at radius 1 is 1.26 bits per heavy atom. The quantitative estimate of drug-likeness (QED) is 0.405. The van der Waals surface area contributed by atoms with Gasteiger partial charge in [-0.15, -0.1) is 11.3 Å². The molecule has 1 fully saturated rings. The summed E-state index contributed by atoms with van der Waals surface area (Å²) in [5, 5.41) is 3.78. The number of nitrogens with two attached hydrogens (primary N) is 1. The van der Waals surface area contributed by atoms with E-state index in [0.29, 0.717) is 38.6 Å². The topological polar surface area (TPSA) is 146 Å². The predicted molar refractivity (Wildman–Crippen MR) is 143 cm³/mol. The van der Waals surface area contributed by atoms with Crippen molar-refractivity contribution in [2.24, 2.45) is 5.73 Å². The summed E-state index contributed by atoms with van der Waals surface area (Å²) in [5.74, 6) is -0.977. The van der Waals surface area contributed by atoms with Crippen molar-refractivity contribution < 1.29 is 33.0 Å². The zero-order chi connectivity index (χ0) is 28.5. The molecular formula is C26H30FN5O6S. The lowest BCUT2D eigenvalue weighted by Crippen LogP contribution is -2.42. The zero-order valence-electron chi connectivity index (χ0n) is 22.2. The van der Waals surface area contributed by atoms with Crippen LogP contribution in [0.3, 0.4) is 0 Å². The van der Waals surface area contributed by atoms with Gasteiger partial charge in [-0.1, -0.05) is 0 Å². The molecule has 39 heavy (non-hydrogen) atoms. The van der Waals surface area contributed by atoms with Gasteiger partial charge in [0.05, 0.1) is 28.5 Å². The number of likely N-dealkylation sites (tertiary alicyclic amines) is 1. The highest BCUT2D eigenvalue weighted by Gasteiger charge is 2.39. The standard InChI is InChI=1S/C26H30FN5O6S/c1-13-20-23(29-12-30-24(20)39-21(13)22(28)34)31-18-7-6-15(27)8-19(18)37-17-9-16(11-36-14(2)33)32(10-17)25(35)38-26(3,4)5/h6-8,12,16-17H,9-11H2,1-5H3,(H2,28,34)(H,29,30,31)/t16-,17-/m0/s1. The van der Waals surface area contributed by atoms with E-state index >= 15 is 0 Å². The maximum Gasteiger partial charge on any atom is 0.410 e. The van der Waals surface area contributed by atoms with Crippen LogP contribution in [0.15, 0.2) is 24.5 Å². The third kappa shape index (κ3) is 6.53. The zero-order valence-corrected chi connectivity index (χ0v) is 23.1. The highest BCUT2D eigenvalue weighted by Crippen LogP contribution is 2.37. The molecule has 0 radical (unpaired) electrons. The maximum atomic E-state index is 14.3. The lowest BCUT2D eigenvalue weighted by atomic mass is 10.2. The van der Waals surface area contributed by atoms with Crippen molar-refractivity contribution in [1.82, 2.24) is 14.9 Å². The van der Waals surface area contributed by atoms with Crippen molar-refractivity contribution in [2.45, 2.75) is 58.8 Å². The van der Waals surface area contributed by atoms with Gasteiger partial charge in [-0.25, -0.2) is 19.2 Å². The summed E-state index contributed by atoms with van der Waals surface area (Å²) in [6, 6.07) is 3.52. The number of carbonyl (C=O) groups is 3. The van der Waals surface area contributed by atoms with E-state index in [9.17, 15) is 18.8 Å². The minimum atomic E-state index is -0.724. The summed E-state index contributed by atoms with van der Waals surface area (Å²) in [4.78, 5) is 47.1. The third-order valence-electron chi connectivity index (χ3n) is 5.92. The highest BCUT2D eigenvalue weighted by molar-refractivity contribution is 7.20. The van der Waals surface area contributed by atoms with Crippen LogP contribution in [0.5, 0.6) is 5.75 Å². The van der Waals surface area contributed by atoms with Crippen LogP contribution in [0.25, 0.3) is 10.2 Å². The van der Waals surface area contributed by atoms with Crippen LogP contribution in [0.1, 0.15) is 49.4 Å². The second kappa shape index (κ2) is 11.0. The molecule has 1 aromatic carbocycles. The largest absolute Gasteiger partial charge is 0.486 e. The minimum Gasteiger partial charge on any atom is -0.486 e. The molecule has 11 nitrogen and oxygen atoms in total. The Kier molecular flexibility index (Phi) is 7.91. The number of esters is 1. The van der Waals surface area contributed by atoms with E-state index < -0.39 is 41.5 Å². The molecule has 2 aromatic heterocycles. The number of anilines is 2. The number of fused-ring (bicyclic) bond motifs is 1. The monoisotopic (exact) mass is 559 g/mol. The average molecular weight is 560 g/mol. The van der Waals surface area contributed by atoms with Gasteiger partial charge in [-0.2, -0.15) is 0 Å². The van der Waals surface area contributed by atoms with Crippen LogP contribution < -0.4 is 15.8 Å². The minimum absolute atomic E-state index is 0.0265. The summed E-state index contributed by atoms with van der Waals surface area (Å²) in [7, 11) is 0. The van der Waals surface area contributed by atoms with E-state index in [2.05, 4.69) is 15.3 Å². The Bertz CT molecular complexity index is 1420. The van der Waals surface area contributed by atoms with Gasteiger partial charge in [0.25, 0.3) is 5.91 Å². The number of primary amides is 1. The lowest BCUT2D eigenvalue weighted by molar-refractivity contribution is -0.142. The van der Waals surface area contributed by atoms with Gasteiger partial charge >= 0.3 is 12.1 Å². The van der Waals surface area contributed by atoms with Crippen LogP contribution in [0.4, 0.5) is 20.7 Å². The molecule has 1 saturated heterocycles. The molecule has 1 aliphatic rings. The van der Waals surface area contributed by atoms with Crippen molar-refractivity contribution in [3.05, 3.63) is 40.8 Å². The molecule has 2 amide bonds. The molecule has 3 heterocycles. The number of carbonyl (C=O) groups excluding carboxylic acids is 3. The summed E-state index contributed by atoms with van der Waals surface area (Å²) in [5.41, 5.74) is 5.83. The molecule has 4 rings (SSSR count). The Balaban J connectivity index is 1.60. The lowest BCUT2D eigenvalue weighted by Gasteiger charge is -2.28. The molecule has 0 unspecified atom stereocenters. The normalized spacial score (nSPS) is 17.2. The Morgan fingerprint density at radius 2 is 2.00 bits per heavy atom. The average Bonchev–Trinajstić information content (AvgIpc) is 3.40. The molecule has 0 spiro atoms. The Morgan fingerprint density at radius 3 is 2.67 bits per heavy atom. The molecule has 3 N–H and O–H groups in total. The number of aromatic nitrogens is 2. The summed E-state index contributed by atoms with van der Waals surface area (Å²) in [6.07, 6.45) is 0.566. The second-order valence-electron chi connectivity index (χ2n) is 10.2. The molecule has 0 aliphatic carbocycles. The molecule has 1 aliphatic heterocycles. The Hall–Kier alpha value is -4.00. The number of rotatable bonds is 7. The van der Waals surface area contributed by atoms with E-state index in [1.165, 1.54) is 36.4 Å². The van der Waals surface area contributed by atoms with E-state index in [1.54, 1.807) is 27.7 Å². The molecule has 13 heteroatoms. The smallest absolute Gasteiger partial charge is 0.410 e. The van der Waals surface area contributed by atoms with Crippen LogP contribution >= 0.6 is 11.3 Å². The van der Waals surface area contributed by atoms with Crippen LogP contribution in [-0.2, 0) is 14.3 Å². The molecule has 208 valence electrons. The third-order valence-corrected chi connectivity index (χ3v) is 7.14. The number of hydrogen-bond acceptors (Lipinski definition) is 10. The number of halogens is 1. The maximum absolute atomic E-state index is 14.3. The van der Waals surface area contributed by atoms with E-state index in [0.717, 1.165) is 11.3 Å². The number of nitrogens with zero attached hydrogens (tertiary/aromatic N) is 3. The fourth-order valence-corrected chi connectivity index (χ4v) is 5.28. The van der Waals surface area contributed by atoms with E-state index in [-0.39, 0.29) is 18.9 Å². The first-order chi connectivity index (χ1) is 18.3. The number of amides is 2. The highest BCUT2D eigenvalue weighted by atomic mass is 32.1. The van der Waals surface area contributed by atoms with Gasteiger partial charge in [0.1, 0.15) is 46.9 Å². The molecule has 0 bridgehead atoms. The van der Waals surface area contributed by atoms with Gasteiger partial charge in [0, 0.05) is 19.4 Å². The van der Waals surface area contributed by atoms with Gasteiger partial charge in [0.15, 0.2) is 0 Å². The number of nitrogens with one attached hydrogen (secondary N) is 1. The molecule has 2 atom stereocenters. The first kappa shape index (κ1) is 28.0. The SMILES string of the molecule is CC(=O)OC[C@@H]1C[C@H](Oc2cc(F)ccc2Nc2ncnc3sc(C(N)=O)c(C)c23)CN1C(=O)OC(C)(C)C. The van der Waals surface area contributed by atoms with Gasteiger partial charge in [-0.3, -0.25) is 14.5 Å². The molecular weight excluding hydrogens is 529 g/mol. The number of thiophene rings is 1. The van der Waals surface area contributed by atoms with Gasteiger partial charge in [-0.05, 0) is 45.4 Å².